The van der Waals surface area contributed by atoms with E-state index in [0.29, 0.717) is 23.0 Å². The van der Waals surface area contributed by atoms with E-state index in [-0.39, 0.29) is 11.9 Å². The van der Waals surface area contributed by atoms with Crippen LogP contribution in [0.1, 0.15) is 53.0 Å². The molecule has 0 saturated carbocycles. The molecule has 0 aliphatic rings. The van der Waals surface area contributed by atoms with Gasteiger partial charge in [-0.2, -0.15) is 14.9 Å². The van der Waals surface area contributed by atoms with E-state index < -0.39 is 0 Å². The molecule has 4 rings (SSSR count). The molecule has 0 aromatic carbocycles. The van der Waals surface area contributed by atoms with E-state index in [2.05, 4.69) is 30.5 Å². The van der Waals surface area contributed by atoms with Crippen LogP contribution in [0.25, 0.3) is 17.0 Å². The Labute approximate surface area is 174 Å². The van der Waals surface area contributed by atoms with Crippen molar-refractivity contribution < 1.29 is 4.79 Å². The van der Waals surface area contributed by atoms with Crippen LogP contribution in [0.4, 0.5) is 5.82 Å². The average Bonchev–Trinajstić information content (AvgIpc) is 3.23. The van der Waals surface area contributed by atoms with E-state index in [1.54, 1.807) is 16.9 Å². The minimum absolute atomic E-state index is 0.184. The highest BCUT2D eigenvalue weighted by atomic mass is 16.1. The van der Waals surface area contributed by atoms with Gasteiger partial charge in [0.05, 0.1) is 23.1 Å². The van der Waals surface area contributed by atoms with Crippen LogP contribution >= 0.6 is 0 Å². The number of fused-ring (bicyclic) bond motifs is 1. The number of hydrogen-bond acceptors (Lipinski definition) is 6. The number of nitrogens with zero attached hydrogens (tertiary/aromatic N) is 7. The molecule has 0 fully saturated rings. The van der Waals surface area contributed by atoms with Gasteiger partial charge in [-0.25, -0.2) is 19.6 Å². The minimum Gasteiger partial charge on any atom is -0.306 e. The van der Waals surface area contributed by atoms with Gasteiger partial charge in [0.1, 0.15) is 5.82 Å². The van der Waals surface area contributed by atoms with E-state index in [0.717, 1.165) is 28.1 Å². The maximum Gasteiger partial charge on any atom is 0.258 e. The van der Waals surface area contributed by atoms with Gasteiger partial charge in [-0.1, -0.05) is 0 Å². The van der Waals surface area contributed by atoms with Crippen molar-refractivity contribution >= 4 is 22.8 Å². The lowest BCUT2D eigenvalue weighted by molar-refractivity contribution is 0.102. The van der Waals surface area contributed by atoms with Gasteiger partial charge in [0.2, 0.25) is 0 Å². The van der Waals surface area contributed by atoms with Gasteiger partial charge in [0.25, 0.3) is 11.9 Å². The fraction of sp³-hybridized carbons (Fsp3) is 0.333. The summed E-state index contributed by atoms with van der Waals surface area (Å²) in [4.78, 5) is 26.6. The predicted octanol–water partition coefficient (Wildman–Crippen LogP) is 3.47. The molecule has 9 heteroatoms. The van der Waals surface area contributed by atoms with E-state index in [1.807, 2.05) is 58.4 Å². The van der Waals surface area contributed by atoms with Crippen LogP contribution in [0.2, 0.25) is 0 Å². The lowest BCUT2D eigenvalue weighted by Crippen LogP contribution is -2.18. The Morgan fingerprint density at radius 3 is 2.33 bits per heavy atom. The Bertz CT molecular complexity index is 1250. The second kappa shape index (κ2) is 7.33. The predicted molar refractivity (Wildman–Crippen MR) is 114 cm³/mol. The van der Waals surface area contributed by atoms with Crippen LogP contribution in [0.3, 0.4) is 0 Å². The molecule has 0 saturated heterocycles. The second-order valence-corrected chi connectivity index (χ2v) is 7.70. The highest BCUT2D eigenvalue weighted by Gasteiger charge is 2.18. The number of amides is 1. The van der Waals surface area contributed by atoms with Gasteiger partial charge >= 0.3 is 0 Å². The summed E-state index contributed by atoms with van der Waals surface area (Å²) < 4.78 is 3.39. The number of hydrogen-bond donors (Lipinski definition) is 1. The van der Waals surface area contributed by atoms with E-state index in [9.17, 15) is 4.79 Å². The molecule has 30 heavy (non-hydrogen) atoms. The first kappa shape index (κ1) is 19.7. The van der Waals surface area contributed by atoms with Gasteiger partial charge in [-0.3, -0.25) is 4.79 Å². The Hall–Kier alpha value is -3.62. The topological polar surface area (TPSA) is 103 Å². The molecule has 0 atom stereocenters. The zero-order valence-electron chi connectivity index (χ0n) is 17.9. The van der Waals surface area contributed by atoms with Crippen molar-refractivity contribution in [3.8, 4) is 5.95 Å². The van der Waals surface area contributed by atoms with Gasteiger partial charge in [-0.15, -0.1) is 0 Å². The second-order valence-electron chi connectivity index (χ2n) is 7.70. The standard InChI is InChI=1S/C21H24N8O/c1-11(2)28-19-16(10-22-28)9-17(15(6)25-19)20(30)26-18-8-14(5)27-29(18)21-23-12(3)7-13(4)24-21/h7-11H,1-6H3,(H,26,30). The summed E-state index contributed by atoms with van der Waals surface area (Å²) in [6.45, 7) is 11.6. The number of anilines is 1. The third-order valence-electron chi connectivity index (χ3n) is 4.73. The highest BCUT2D eigenvalue weighted by Crippen LogP contribution is 2.21. The molecule has 0 unspecified atom stereocenters. The van der Waals surface area contributed by atoms with Crippen LogP contribution in [-0.2, 0) is 0 Å². The number of aromatic nitrogens is 7. The SMILES string of the molecule is Cc1cc(C)nc(-n2nc(C)cc2NC(=O)c2cc3cnn(C(C)C)c3nc2C)n1. The Morgan fingerprint density at radius 1 is 0.967 bits per heavy atom. The molecule has 0 radical (unpaired) electrons. The number of carbonyl (C=O) groups is 1. The maximum atomic E-state index is 13.1. The van der Waals surface area contributed by atoms with Crippen LogP contribution < -0.4 is 5.32 Å². The number of pyridine rings is 1. The molecule has 4 heterocycles. The quantitative estimate of drug-likeness (QED) is 0.559. The summed E-state index contributed by atoms with van der Waals surface area (Å²) in [6, 6.07) is 5.68. The average molecular weight is 404 g/mol. The summed E-state index contributed by atoms with van der Waals surface area (Å²) in [5.74, 6) is 0.643. The minimum atomic E-state index is -0.273. The monoisotopic (exact) mass is 404 g/mol. The Balaban J connectivity index is 1.70. The molecule has 4 aromatic rings. The van der Waals surface area contributed by atoms with Crippen molar-refractivity contribution in [2.45, 2.75) is 47.6 Å². The van der Waals surface area contributed by atoms with Crippen LogP contribution in [-0.4, -0.2) is 40.4 Å². The van der Waals surface area contributed by atoms with Crippen molar-refractivity contribution in [3.05, 3.63) is 52.7 Å². The molecule has 0 aliphatic carbocycles. The lowest BCUT2D eigenvalue weighted by Gasteiger charge is -2.11. The molecule has 0 spiro atoms. The maximum absolute atomic E-state index is 13.1. The van der Waals surface area contributed by atoms with Crippen LogP contribution in [0.15, 0.2) is 24.4 Å². The fourth-order valence-electron chi connectivity index (χ4n) is 3.40. The zero-order chi connectivity index (χ0) is 21.6. The number of aryl methyl sites for hydroxylation is 4. The van der Waals surface area contributed by atoms with E-state index in [1.165, 1.54) is 0 Å². The molecule has 0 aliphatic heterocycles. The van der Waals surface area contributed by atoms with Gasteiger partial charge in [0, 0.05) is 28.9 Å². The van der Waals surface area contributed by atoms with Crippen molar-refractivity contribution in [1.29, 1.82) is 0 Å². The summed E-state index contributed by atoms with van der Waals surface area (Å²) in [7, 11) is 0. The molecule has 1 N–H and O–H groups in total. The van der Waals surface area contributed by atoms with Gasteiger partial charge in [0.15, 0.2) is 5.65 Å². The van der Waals surface area contributed by atoms with Crippen molar-refractivity contribution in [2.75, 3.05) is 5.32 Å². The first-order chi connectivity index (χ1) is 14.2. The van der Waals surface area contributed by atoms with Crippen LogP contribution in [0, 0.1) is 27.7 Å². The van der Waals surface area contributed by atoms with Gasteiger partial charge < -0.3 is 5.32 Å². The summed E-state index contributed by atoms with van der Waals surface area (Å²) in [6.07, 6.45) is 1.73. The zero-order valence-corrected chi connectivity index (χ0v) is 17.9. The number of carbonyl (C=O) groups excluding carboxylic acids is 1. The van der Waals surface area contributed by atoms with Crippen molar-refractivity contribution in [1.82, 2.24) is 34.5 Å². The Kier molecular flexibility index (Phi) is 4.81. The largest absolute Gasteiger partial charge is 0.306 e. The molecule has 0 bridgehead atoms. The van der Waals surface area contributed by atoms with E-state index >= 15 is 0 Å². The fourth-order valence-corrected chi connectivity index (χ4v) is 3.40. The normalized spacial score (nSPS) is 11.4. The Morgan fingerprint density at radius 2 is 1.67 bits per heavy atom. The first-order valence-electron chi connectivity index (χ1n) is 9.78. The van der Waals surface area contributed by atoms with Crippen molar-refractivity contribution in [3.63, 3.8) is 0 Å². The highest BCUT2D eigenvalue weighted by molar-refractivity contribution is 6.06. The lowest BCUT2D eigenvalue weighted by atomic mass is 10.1. The molecule has 9 nitrogen and oxygen atoms in total. The first-order valence-corrected chi connectivity index (χ1v) is 9.78. The third kappa shape index (κ3) is 3.54. The molecular weight excluding hydrogens is 380 g/mol. The summed E-state index contributed by atoms with van der Waals surface area (Å²) in [5, 5.41) is 12.6. The molecule has 1 amide bonds. The summed E-state index contributed by atoms with van der Waals surface area (Å²) >= 11 is 0. The van der Waals surface area contributed by atoms with Gasteiger partial charge in [-0.05, 0) is 53.7 Å². The van der Waals surface area contributed by atoms with Crippen molar-refractivity contribution in [2.24, 2.45) is 0 Å². The molecule has 154 valence electrons. The smallest absolute Gasteiger partial charge is 0.258 e. The number of nitrogens with one attached hydrogen (secondary N) is 1. The number of rotatable bonds is 4. The summed E-state index contributed by atoms with van der Waals surface area (Å²) in [5.41, 5.74) is 4.29. The molecule has 4 aromatic heterocycles. The third-order valence-corrected chi connectivity index (χ3v) is 4.73. The van der Waals surface area contributed by atoms with Crippen LogP contribution in [0.5, 0.6) is 0 Å². The van der Waals surface area contributed by atoms with E-state index in [4.69, 9.17) is 0 Å². The molecular formula is C21H24N8O.